The molecule has 4 heterocycles. The number of aromatic nitrogens is 4. The maximum Gasteiger partial charge on any atom is 0.274 e. The lowest BCUT2D eigenvalue weighted by Gasteiger charge is -2.23. The fourth-order valence-electron chi connectivity index (χ4n) is 3.33. The van der Waals surface area contributed by atoms with Crippen molar-refractivity contribution in [2.75, 3.05) is 26.3 Å². The Labute approximate surface area is 145 Å². The third-order valence-corrected chi connectivity index (χ3v) is 4.56. The Bertz CT molecular complexity index is 884. The summed E-state index contributed by atoms with van der Waals surface area (Å²) in [6.45, 7) is 2.43. The number of fused-ring (bicyclic) bond motifs is 1. The van der Waals surface area contributed by atoms with Gasteiger partial charge in [-0.2, -0.15) is 0 Å². The first-order valence-corrected chi connectivity index (χ1v) is 8.46. The van der Waals surface area contributed by atoms with Crippen molar-refractivity contribution in [1.29, 1.82) is 0 Å². The SMILES string of the molecule is Cn1cnc(C(=O)N2CCOC[C@@H](Cc3nccn4cccc34)C2)c1. The van der Waals surface area contributed by atoms with Crippen molar-refractivity contribution in [3.05, 3.63) is 54.6 Å². The van der Waals surface area contributed by atoms with Gasteiger partial charge in [0, 0.05) is 50.8 Å². The second kappa shape index (κ2) is 6.68. The molecule has 0 radical (unpaired) electrons. The molecule has 1 aliphatic heterocycles. The molecule has 25 heavy (non-hydrogen) atoms. The van der Waals surface area contributed by atoms with Gasteiger partial charge in [0.25, 0.3) is 5.91 Å². The maximum atomic E-state index is 12.7. The Morgan fingerprint density at radius 1 is 1.36 bits per heavy atom. The highest BCUT2D eigenvalue weighted by atomic mass is 16.5. The Morgan fingerprint density at radius 3 is 3.12 bits per heavy atom. The Balaban J connectivity index is 1.52. The molecule has 7 heteroatoms. The van der Waals surface area contributed by atoms with E-state index in [-0.39, 0.29) is 11.8 Å². The summed E-state index contributed by atoms with van der Waals surface area (Å²) < 4.78 is 9.59. The van der Waals surface area contributed by atoms with Crippen LogP contribution in [0.2, 0.25) is 0 Å². The molecule has 1 fully saturated rings. The Morgan fingerprint density at radius 2 is 2.28 bits per heavy atom. The number of aryl methyl sites for hydroxylation is 1. The molecule has 0 bridgehead atoms. The highest BCUT2D eigenvalue weighted by Crippen LogP contribution is 2.18. The second-order valence-corrected chi connectivity index (χ2v) is 6.50. The minimum absolute atomic E-state index is 0.0371. The molecular weight excluding hydrogens is 318 g/mol. The quantitative estimate of drug-likeness (QED) is 0.723. The van der Waals surface area contributed by atoms with E-state index in [0.29, 0.717) is 32.0 Å². The molecular formula is C18H21N5O2. The van der Waals surface area contributed by atoms with E-state index in [4.69, 9.17) is 4.74 Å². The van der Waals surface area contributed by atoms with Crippen molar-refractivity contribution >= 4 is 11.4 Å². The summed E-state index contributed by atoms with van der Waals surface area (Å²) in [7, 11) is 1.86. The van der Waals surface area contributed by atoms with E-state index >= 15 is 0 Å². The summed E-state index contributed by atoms with van der Waals surface area (Å²) in [5.74, 6) is 0.175. The lowest BCUT2D eigenvalue weighted by atomic mass is 10.0. The number of rotatable bonds is 3. The van der Waals surface area contributed by atoms with Gasteiger partial charge in [-0.05, 0) is 18.6 Å². The van der Waals surface area contributed by atoms with Gasteiger partial charge < -0.3 is 18.6 Å². The van der Waals surface area contributed by atoms with Crippen LogP contribution in [0.15, 0.2) is 43.2 Å². The van der Waals surface area contributed by atoms with Crippen LogP contribution in [0, 0.1) is 5.92 Å². The van der Waals surface area contributed by atoms with Crippen LogP contribution in [0.4, 0.5) is 0 Å². The number of carbonyl (C=O) groups is 1. The van der Waals surface area contributed by atoms with Crippen molar-refractivity contribution in [1.82, 2.24) is 23.8 Å². The maximum absolute atomic E-state index is 12.7. The Hall–Kier alpha value is -2.67. The molecule has 0 N–H and O–H groups in total. The van der Waals surface area contributed by atoms with E-state index in [1.54, 1.807) is 17.1 Å². The van der Waals surface area contributed by atoms with E-state index < -0.39 is 0 Å². The summed E-state index contributed by atoms with van der Waals surface area (Å²) in [6.07, 6.45) is 9.96. The van der Waals surface area contributed by atoms with Crippen molar-refractivity contribution in [3.8, 4) is 0 Å². The zero-order chi connectivity index (χ0) is 17.2. The predicted molar refractivity (Wildman–Crippen MR) is 92.3 cm³/mol. The summed E-state index contributed by atoms with van der Waals surface area (Å²) in [5, 5.41) is 0. The van der Waals surface area contributed by atoms with Gasteiger partial charge >= 0.3 is 0 Å². The first-order valence-electron chi connectivity index (χ1n) is 8.46. The standard InChI is InChI=1S/C18H21N5O2/c1-21-11-16(20-13-21)18(24)23-7-8-25-12-14(10-23)9-15-17-3-2-5-22(17)6-4-19-15/h2-6,11,13-14H,7-10,12H2,1H3/t14-/m0/s1. The number of amides is 1. The first-order chi connectivity index (χ1) is 12.2. The molecule has 0 unspecified atom stereocenters. The molecule has 130 valence electrons. The van der Waals surface area contributed by atoms with Crippen LogP contribution in [-0.4, -0.2) is 56.0 Å². The zero-order valence-corrected chi connectivity index (χ0v) is 14.2. The summed E-state index contributed by atoms with van der Waals surface area (Å²) in [6, 6.07) is 4.08. The smallest absolute Gasteiger partial charge is 0.274 e. The fourth-order valence-corrected chi connectivity index (χ4v) is 3.33. The fraction of sp³-hybridized carbons (Fsp3) is 0.389. The zero-order valence-electron chi connectivity index (χ0n) is 14.2. The van der Waals surface area contributed by atoms with Crippen molar-refractivity contribution in [2.24, 2.45) is 13.0 Å². The summed E-state index contributed by atoms with van der Waals surface area (Å²) >= 11 is 0. The molecule has 1 saturated heterocycles. The largest absolute Gasteiger partial charge is 0.379 e. The summed E-state index contributed by atoms with van der Waals surface area (Å²) in [5.41, 5.74) is 2.62. The molecule has 1 atom stereocenters. The molecule has 0 spiro atoms. The van der Waals surface area contributed by atoms with Gasteiger partial charge in [-0.3, -0.25) is 9.78 Å². The van der Waals surface area contributed by atoms with E-state index in [0.717, 1.165) is 17.6 Å². The van der Waals surface area contributed by atoms with E-state index in [1.165, 1.54) is 0 Å². The number of hydrogen-bond acceptors (Lipinski definition) is 4. The van der Waals surface area contributed by atoms with Crippen molar-refractivity contribution in [3.63, 3.8) is 0 Å². The van der Waals surface area contributed by atoms with Crippen LogP contribution in [0.25, 0.3) is 5.52 Å². The van der Waals surface area contributed by atoms with Crippen LogP contribution >= 0.6 is 0 Å². The van der Waals surface area contributed by atoms with E-state index in [1.807, 2.05) is 36.6 Å². The van der Waals surface area contributed by atoms with Crippen molar-refractivity contribution < 1.29 is 9.53 Å². The lowest BCUT2D eigenvalue weighted by molar-refractivity contribution is 0.0732. The third-order valence-electron chi connectivity index (χ3n) is 4.56. The van der Waals surface area contributed by atoms with Crippen LogP contribution in [-0.2, 0) is 18.2 Å². The highest BCUT2D eigenvalue weighted by Gasteiger charge is 2.25. The van der Waals surface area contributed by atoms with Gasteiger partial charge in [0.2, 0.25) is 0 Å². The van der Waals surface area contributed by atoms with Gasteiger partial charge in [-0.1, -0.05) is 0 Å². The van der Waals surface area contributed by atoms with E-state index in [2.05, 4.69) is 20.4 Å². The Kier molecular flexibility index (Phi) is 4.23. The topological polar surface area (TPSA) is 64.7 Å². The van der Waals surface area contributed by atoms with Gasteiger partial charge in [-0.15, -0.1) is 0 Å². The number of nitrogens with zero attached hydrogens (tertiary/aromatic N) is 5. The van der Waals surface area contributed by atoms with Crippen molar-refractivity contribution in [2.45, 2.75) is 6.42 Å². The molecule has 3 aromatic rings. The number of hydrogen-bond donors (Lipinski definition) is 0. The molecule has 4 rings (SSSR count). The number of imidazole rings is 1. The average Bonchev–Trinajstić information content (AvgIpc) is 3.20. The van der Waals surface area contributed by atoms with Crippen LogP contribution < -0.4 is 0 Å². The minimum Gasteiger partial charge on any atom is -0.379 e. The molecule has 3 aromatic heterocycles. The molecule has 1 amide bonds. The van der Waals surface area contributed by atoms with Crippen LogP contribution in [0.3, 0.4) is 0 Å². The molecule has 0 saturated carbocycles. The molecule has 7 nitrogen and oxygen atoms in total. The molecule has 0 aromatic carbocycles. The monoisotopic (exact) mass is 339 g/mol. The third kappa shape index (κ3) is 3.28. The summed E-state index contributed by atoms with van der Waals surface area (Å²) in [4.78, 5) is 23.3. The van der Waals surface area contributed by atoms with Crippen LogP contribution in [0.5, 0.6) is 0 Å². The minimum atomic E-state index is -0.0371. The van der Waals surface area contributed by atoms with Gasteiger partial charge in [0.1, 0.15) is 5.69 Å². The van der Waals surface area contributed by atoms with Gasteiger partial charge in [0.05, 0.1) is 30.8 Å². The lowest BCUT2D eigenvalue weighted by Crippen LogP contribution is -2.36. The average molecular weight is 339 g/mol. The normalized spacial score (nSPS) is 18.4. The van der Waals surface area contributed by atoms with Crippen LogP contribution in [0.1, 0.15) is 16.2 Å². The molecule has 0 aliphatic carbocycles. The van der Waals surface area contributed by atoms with E-state index in [9.17, 15) is 4.79 Å². The van der Waals surface area contributed by atoms with Gasteiger partial charge in [0.15, 0.2) is 0 Å². The molecule has 1 aliphatic rings. The van der Waals surface area contributed by atoms with Gasteiger partial charge in [-0.25, -0.2) is 4.98 Å². The highest BCUT2D eigenvalue weighted by molar-refractivity contribution is 5.92. The predicted octanol–water partition coefficient (Wildman–Crippen LogP) is 1.40. The number of ether oxygens (including phenoxy) is 1. The first kappa shape index (κ1) is 15.8. The number of carbonyl (C=O) groups excluding carboxylic acids is 1. The second-order valence-electron chi connectivity index (χ2n) is 6.50.